The van der Waals surface area contributed by atoms with Gasteiger partial charge in [-0.1, -0.05) is 18.1 Å². The predicted octanol–water partition coefficient (Wildman–Crippen LogP) is 5.91. The summed E-state index contributed by atoms with van der Waals surface area (Å²) in [6, 6.07) is 9.04. The lowest BCUT2D eigenvalue weighted by atomic mass is 9.93. The van der Waals surface area contributed by atoms with Crippen molar-refractivity contribution in [2.45, 2.75) is 62.9 Å². The van der Waals surface area contributed by atoms with Crippen LogP contribution in [0.3, 0.4) is 0 Å². The maximum atomic E-state index is 15.3. The van der Waals surface area contributed by atoms with E-state index in [1.807, 2.05) is 0 Å². The molecule has 2 aromatic carbocycles. The summed E-state index contributed by atoms with van der Waals surface area (Å²) >= 11 is 0. The van der Waals surface area contributed by atoms with Gasteiger partial charge in [-0.25, -0.2) is 18.7 Å². The smallest absolute Gasteiger partial charge is 0.378 e. The molecule has 52 heavy (non-hydrogen) atoms. The molecule has 9 nitrogen and oxygen atoms in total. The quantitative estimate of drug-likeness (QED) is 0.142. The Kier molecular flexibility index (Phi) is 8.24. The Morgan fingerprint density at radius 3 is 2.54 bits per heavy atom. The molecule has 3 heterocycles. The first kappa shape index (κ1) is 34.9. The molecule has 1 amide bonds. The van der Waals surface area contributed by atoms with E-state index in [9.17, 15) is 36.6 Å². The summed E-state index contributed by atoms with van der Waals surface area (Å²) in [4.78, 5) is 37.8. The highest BCUT2D eigenvalue weighted by Gasteiger charge is 2.68. The molecule has 0 aliphatic heterocycles. The van der Waals surface area contributed by atoms with Crippen molar-refractivity contribution >= 4 is 16.8 Å². The van der Waals surface area contributed by atoms with Gasteiger partial charge < -0.3 is 15.4 Å². The number of para-hydroxylation sites is 1. The van der Waals surface area contributed by atoms with Crippen molar-refractivity contribution in [3.05, 3.63) is 111 Å². The lowest BCUT2D eigenvalue weighted by Crippen LogP contribution is -2.35. The van der Waals surface area contributed by atoms with E-state index in [-0.39, 0.29) is 46.3 Å². The number of benzene rings is 2. The summed E-state index contributed by atoms with van der Waals surface area (Å²) in [6.45, 7) is 1.80. The number of hydrogen-bond acceptors (Lipinski definition) is 6. The van der Waals surface area contributed by atoms with Gasteiger partial charge in [0.05, 0.1) is 29.0 Å². The summed E-state index contributed by atoms with van der Waals surface area (Å²) in [6.07, 6.45) is -4.37. The highest BCUT2D eigenvalue weighted by Crippen LogP contribution is 2.68. The minimum atomic E-state index is -5.05. The number of nitrogens with one attached hydrogen (secondary N) is 2. The van der Waals surface area contributed by atoms with E-state index in [1.165, 1.54) is 32.3 Å². The monoisotopic (exact) mass is 724 g/mol. The Balaban J connectivity index is 1.36. The lowest BCUT2D eigenvalue weighted by molar-refractivity contribution is -0.142. The van der Waals surface area contributed by atoms with Crippen LogP contribution in [0.5, 0.6) is 0 Å². The average Bonchev–Trinajstić information content (AvgIpc) is 3.70. The molecule has 1 saturated carbocycles. The third-order valence-corrected chi connectivity index (χ3v) is 8.90. The molecule has 5 aromatic rings. The van der Waals surface area contributed by atoms with Gasteiger partial charge in [0, 0.05) is 28.7 Å². The summed E-state index contributed by atoms with van der Waals surface area (Å²) in [5.41, 5.74) is -4.03. The number of hydrogen-bond donors (Lipinski definition) is 3. The Bertz CT molecular complexity index is 2370. The molecule has 1 fully saturated rings. The fourth-order valence-corrected chi connectivity index (χ4v) is 6.72. The highest BCUT2D eigenvalue weighted by atomic mass is 19.4. The van der Waals surface area contributed by atoms with Gasteiger partial charge in [-0.15, -0.1) is 0 Å². The summed E-state index contributed by atoms with van der Waals surface area (Å²) in [7, 11) is 0. The number of amides is 1. The lowest BCUT2D eigenvalue weighted by Gasteiger charge is -2.23. The van der Waals surface area contributed by atoms with Crippen LogP contribution >= 0.6 is 0 Å². The molecule has 16 heteroatoms. The Hall–Kier alpha value is -5.56. The zero-order valence-corrected chi connectivity index (χ0v) is 27.2. The van der Waals surface area contributed by atoms with Gasteiger partial charge in [0.25, 0.3) is 11.5 Å². The van der Waals surface area contributed by atoms with Crippen molar-refractivity contribution in [3.63, 3.8) is 0 Å². The molecule has 0 radical (unpaired) electrons. The van der Waals surface area contributed by atoms with Crippen molar-refractivity contribution < 1.29 is 40.6 Å². The number of halogens is 7. The first-order chi connectivity index (χ1) is 24.4. The van der Waals surface area contributed by atoms with E-state index in [4.69, 9.17) is 0 Å². The van der Waals surface area contributed by atoms with Crippen molar-refractivity contribution in [2.75, 3.05) is 0 Å². The topological polar surface area (TPSA) is 126 Å². The fraction of sp³-hybridized carbons (Fsp3) is 0.306. The maximum Gasteiger partial charge on any atom is 0.435 e. The largest absolute Gasteiger partial charge is 0.435 e. The molecule has 0 bridgehead atoms. The number of carbonyl (C=O) groups is 1. The van der Waals surface area contributed by atoms with Crippen LogP contribution in [-0.4, -0.2) is 41.3 Å². The predicted molar refractivity (Wildman–Crippen MR) is 172 cm³/mol. The van der Waals surface area contributed by atoms with Gasteiger partial charge in [0.1, 0.15) is 35.2 Å². The molecule has 1 unspecified atom stereocenters. The minimum absolute atomic E-state index is 0.0170. The van der Waals surface area contributed by atoms with Crippen LogP contribution in [0.4, 0.5) is 30.7 Å². The van der Waals surface area contributed by atoms with Crippen molar-refractivity contribution in [2.24, 2.45) is 5.92 Å². The Morgan fingerprint density at radius 1 is 1.12 bits per heavy atom. The third kappa shape index (κ3) is 6.52. The number of nitrogens with zero attached hydrogens (tertiary/aromatic N) is 4. The van der Waals surface area contributed by atoms with E-state index >= 15 is 8.78 Å². The van der Waals surface area contributed by atoms with Crippen molar-refractivity contribution in [1.82, 2.24) is 30.0 Å². The Morgan fingerprint density at radius 2 is 1.85 bits per heavy atom. The molecular formula is C36H27F7N6O3. The average molecular weight is 725 g/mol. The van der Waals surface area contributed by atoms with Crippen LogP contribution in [-0.2, 0) is 29.9 Å². The molecule has 3 N–H and O–H groups in total. The molecule has 0 saturated heterocycles. The molecule has 0 spiro atoms. The summed E-state index contributed by atoms with van der Waals surface area (Å²) < 4.78 is 102. The van der Waals surface area contributed by atoms with Crippen molar-refractivity contribution in [3.8, 4) is 23.0 Å². The van der Waals surface area contributed by atoms with Gasteiger partial charge in [0.15, 0.2) is 5.69 Å². The molecule has 2 aliphatic rings. The number of H-pyrrole nitrogens is 1. The SMILES string of the molecule is CC(C)(O)C#Cc1ccc(-c2cccc3c(=O)[nH]cnc23)c(C(Cc2cc(F)cc(F)c2)NC(=O)Cn2nc(C(F)(F)F)c3c2C(F)(F)[C@@H]2C[C@H]32)n1. The molecular weight excluding hydrogens is 697 g/mol. The molecule has 3 atom stereocenters. The summed E-state index contributed by atoms with van der Waals surface area (Å²) in [5.74, 6) is -3.62. The number of pyridine rings is 1. The van der Waals surface area contributed by atoms with E-state index in [2.05, 4.69) is 37.2 Å². The Labute approximate surface area is 289 Å². The number of carbonyl (C=O) groups excluding carboxylic acids is 1. The van der Waals surface area contributed by atoms with Crippen LogP contribution in [0.2, 0.25) is 0 Å². The maximum absolute atomic E-state index is 15.3. The minimum Gasteiger partial charge on any atom is -0.378 e. The second-order valence-corrected chi connectivity index (χ2v) is 13.3. The number of aromatic amines is 1. The zero-order valence-electron chi connectivity index (χ0n) is 27.2. The number of aliphatic hydroxyl groups is 1. The van der Waals surface area contributed by atoms with E-state index < -0.39 is 82.2 Å². The van der Waals surface area contributed by atoms with Gasteiger partial charge in [0.2, 0.25) is 5.91 Å². The fourth-order valence-electron chi connectivity index (χ4n) is 6.72. The van der Waals surface area contributed by atoms with E-state index in [0.717, 1.165) is 12.1 Å². The molecule has 2 aliphatic carbocycles. The normalized spacial score (nSPS) is 18.0. The van der Waals surface area contributed by atoms with Crippen LogP contribution in [0.1, 0.15) is 66.1 Å². The van der Waals surface area contributed by atoms with Gasteiger partial charge in [-0.2, -0.15) is 27.1 Å². The molecule has 7 rings (SSSR count). The van der Waals surface area contributed by atoms with E-state index in [1.54, 1.807) is 18.2 Å². The van der Waals surface area contributed by atoms with Crippen LogP contribution in [0, 0.1) is 29.4 Å². The van der Waals surface area contributed by atoms with Gasteiger partial charge >= 0.3 is 6.18 Å². The van der Waals surface area contributed by atoms with E-state index in [0.29, 0.717) is 16.3 Å². The second kappa shape index (κ2) is 12.3. The number of aromatic nitrogens is 5. The van der Waals surface area contributed by atoms with Crippen LogP contribution in [0.25, 0.3) is 22.0 Å². The van der Waals surface area contributed by atoms with Crippen molar-refractivity contribution in [1.29, 1.82) is 0 Å². The first-order valence-electron chi connectivity index (χ1n) is 15.9. The van der Waals surface area contributed by atoms with Crippen LogP contribution in [0.15, 0.2) is 59.7 Å². The van der Waals surface area contributed by atoms with Crippen LogP contribution < -0.4 is 10.9 Å². The third-order valence-electron chi connectivity index (χ3n) is 8.90. The molecule has 268 valence electrons. The molecule has 3 aromatic heterocycles. The van der Waals surface area contributed by atoms with Gasteiger partial charge in [-0.3, -0.25) is 14.3 Å². The first-order valence-corrected chi connectivity index (χ1v) is 15.9. The van der Waals surface area contributed by atoms with Gasteiger partial charge in [-0.05, 0) is 74.4 Å². The highest BCUT2D eigenvalue weighted by molar-refractivity contribution is 5.93. The number of alkyl halides is 5. The standard InChI is InChI=1S/C36H27F7N6O3/c1-34(2,52)9-8-20-6-7-22(21-4-3-5-23-29(21)44-16-45-33(23)51)30(46-20)26(12-17-10-18(37)13-19(38)11-17)47-27(50)15-49-32-28(31(48-49)36(41,42)43)24-14-25(24)35(32,39)40/h3-7,10-11,13,16,24-26,52H,12,14-15H2,1-2H3,(H,47,50)(H,44,45,51)/t24-,25+,26?/m0/s1. The zero-order chi connectivity index (χ0) is 37.3. The number of fused-ring (bicyclic) bond motifs is 4. The number of rotatable bonds is 7. The summed E-state index contributed by atoms with van der Waals surface area (Å²) in [5, 5.41) is 16.4. The second-order valence-electron chi connectivity index (χ2n) is 13.3.